The first-order valence-electron chi connectivity index (χ1n) is 13.0. The van der Waals surface area contributed by atoms with Crippen LogP contribution < -0.4 is 15.8 Å². The Morgan fingerprint density at radius 2 is 1.64 bits per heavy atom. The number of alkyl carbamates (subject to hydrolysis) is 1. The molecule has 3 aromatic rings. The second kappa shape index (κ2) is 10.4. The highest BCUT2D eigenvalue weighted by Crippen LogP contribution is 2.44. The summed E-state index contributed by atoms with van der Waals surface area (Å²) in [6.45, 7) is 8.31. The van der Waals surface area contributed by atoms with Crippen LogP contribution in [0.25, 0.3) is 17.2 Å². The number of methoxy groups -OCH3 is 1. The standard InChI is InChI=1S/C30H34BN3O5/c1-29(2)30(3,4)39-31(38-29)20(14-19-15-26(32)27(36-5)33-16-19)17-34-28(35)37-18-25-23-12-8-6-10-21(23)22-11-7-9-13-24(22)25/h6-16,25H,17-18,32H2,1-5H3,(H,34,35). The van der Waals surface area contributed by atoms with Crippen molar-refractivity contribution >= 4 is 25.0 Å². The number of hydrogen-bond acceptors (Lipinski definition) is 7. The van der Waals surface area contributed by atoms with E-state index in [1.54, 1.807) is 12.3 Å². The van der Waals surface area contributed by atoms with Crippen LogP contribution in [0.3, 0.4) is 0 Å². The van der Waals surface area contributed by atoms with Gasteiger partial charge in [-0.3, -0.25) is 0 Å². The van der Waals surface area contributed by atoms with Crippen molar-refractivity contribution in [1.29, 1.82) is 0 Å². The third-order valence-electron chi connectivity index (χ3n) is 7.78. The molecular weight excluding hydrogens is 493 g/mol. The van der Waals surface area contributed by atoms with Gasteiger partial charge >= 0.3 is 13.2 Å². The van der Waals surface area contributed by atoms with Crippen LogP contribution in [0.4, 0.5) is 10.5 Å². The maximum Gasteiger partial charge on any atom is 0.492 e. The highest BCUT2D eigenvalue weighted by Gasteiger charge is 2.52. The molecule has 2 heterocycles. The van der Waals surface area contributed by atoms with E-state index in [-0.39, 0.29) is 19.1 Å². The van der Waals surface area contributed by atoms with Gasteiger partial charge in [-0.1, -0.05) is 54.6 Å². The Morgan fingerprint density at radius 3 is 2.21 bits per heavy atom. The SMILES string of the molecule is COc1ncc(C=C(CNC(=O)OCC2c3ccccc3-c3ccccc32)B2OC(C)(C)C(C)(C)O2)cc1N. The van der Waals surface area contributed by atoms with Crippen molar-refractivity contribution < 1.29 is 23.6 Å². The van der Waals surface area contributed by atoms with Gasteiger partial charge in [0, 0.05) is 18.7 Å². The van der Waals surface area contributed by atoms with Gasteiger partial charge in [-0.15, -0.1) is 0 Å². The third kappa shape index (κ3) is 5.24. The van der Waals surface area contributed by atoms with Crippen LogP contribution in [0.15, 0.2) is 66.3 Å². The first kappa shape index (κ1) is 26.8. The summed E-state index contributed by atoms with van der Waals surface area (Å²) >= 11 is 0. The molecule has 0 saturated carbocycles. The van der Waals surface area contributed by atoms with E-state index < -0.39 is 24.4 Å². The molecule has 1 amide bonds. The molecular formula is C30H34BN3O5. The Morgan fingerprint density at radius 1 is 1.05 bits per heavy atom. The largest absolute Gasteiger partial charge is 0.492 e. The van der Waals surface area contributed by atoms with E-state index in [9.17, 15) is 4.79 Å². The van der Waals surface area contributed by atoms with Crippen LogP contribution in [-0.2, 0) is 14.0 Å². The van der Waals surface area contributed by atoms with Crippen LogP contribution in [0, 0.1) is 0 Å². The minimum Gasteiger partial charge on any atom is -0.480 e. The number of carbonyl (C=O) groups is 1. The average molecular weight is 527 g/mol. The summed E-state index contributed by atoms with van der Waals surface area (Å²) in [5.74, 6) is 0.329. The van der Waals surface area contributed by atoms with Crippen molar-refractivity contribution in [1.82, 2.24) is 10.3 Å². The van der Waals surface area contributed by atoms with Gasteiger partial charge in [0.2, 0.25) is 5.88 Å². The van der Waals surface area contributed by atoms with E-state index in [0.717, 1.165) is 16.7 Å². The van der Waals surface area contributed by atoms with E-state index >= 15 is 0 Å². The number of ether oxygens (including phenoxy) is 2. The van der Waals surface area contributed by atoms with Crippen molar-refractivity contribution in [2.45, 2.75) is 44.8 Å². The quantitative estimate of drug-likeness (QED) is 0.406. The summed E-state index contributed by atoms with van der Waals surface area (Å²) in [6, 6.07) is 18.2. The van der Waals surface area contributed by atoms with Gasteiger partial charge in [0.25, 0.3) is 0 Å². The number of pyridine rings is 1. The number of benzene rings is 2. The molecule has 1 aromatic heterocycles. The predicted octanol–water partition coefficient (Wildman–Crippen LogP) is 5.23. The zero-order chi connectivity index (χ0) is 27.8. The first-order chi connectivity index (χ1) is 18.6. The Balaban J connectivity index is 1.31. The third-order valence-corrected chi connectivity index (χ3v) is 7.78. The summed E-state index contributed by atoms with van der Waals surface area (Å²) in [5, 5.41) is 2.88. The maximum absolute atomic E-state index is 12.9. The van der Waals surface area contributed by atoms with Gasteiger partial charge in [0.1, 0.15) is 6.61 Å². The summed E-state index contributed by atoms with van der Waals surface area (Å²) < 4.78 is 23.4. The molecule has 0 atom stereocenters. The Hall–Kier alpha value is -3.82. The number of amides is 1. The van der Waals surface area contributed by atoms with Crippen molar-refractivity contribution in [3.8, 4) is 17.0 Å². The number of nitrogens with zero attached hydrogens (tertiary/aromatic N) is 1. The highest BCUT2D eigenvalue weighted by atomic mass is 16.7. The molecule has 202 valence electrons. The lowest BCUT2D eigenvalue weighted by atomic mass is 9.77. The molecule has 1 aliphatic heterocycles. The van der Waals surface area contributed by atoms with Crippen LogP contribution in [0.5, 0.6) is 5.88 Å². The Bertz CT molecular complexity index is 1360. The van der Waals surface area contributed by atoms with Gasteiger partial charge in [0.15, 0.2) is 0 Å². The highest BCUT2D eigenvalue weighted by molar-refractivity contribution is 6.56. The molecule has 2 aliphatic rings. The number of rotatable bonds is 7. The van der Waals surface area contributed by atoms with Crippen LogP contribution in [0.2, 0.25) is 0 Å². The zero-order valence-corrected chi connectivity index (χ0v) is 23.0. The molecule has 9 heteroatoms. The van der Waals surface area contributed by atoms with Crippen LogP contribution in [0.1, 0.15) is 50.3 Å². The number of anilines is 1. The monoisotopic (exact) mass is 527 g/mol. The maximum atomic E-state index is 12.9. The summed E-state index contributed by atoms with van der Waals surface area (Å²) in [6.07, 6.45) is 2.98. The van der Waals surface area contributed by atoms with Gasteiger partial charge in [-0.05, 0) is 67.1 Å². The molecule has 1 fully saturated rings. The minimum absolute atomic E-state index is 0.0189. The van der Waals surface area contributed by atoms with Crippen LogP contribution in [-0.4, -0.2) is 49.7 Å². The molecule has 0 radical (unpaired) electrons. The second-order valence-electron chi connectivity index (χ2n) is 10.9. The molecule has 2 aromatic carbocycles. The number of fused-ring (bicyclic) bond motifs is 3. The number of nitrogen functional groups attached to an aromatic ring is 1. The van der Waals surface area contributed by atoms with E-state index in [2.05, 4.69) is 34.6 Å². The van der Waals surface area contributed by atoms with Crippen molar-refractivity contribution in [2.24, 2.45) is 0 Å². The molecule has 0 bridgehead atoms. The predicted molar refractivity (Wildman–Crippen MR) is 152 cm³/mol. The van der Waals surface area contributed by atoms with Gasteiger partial charge in [0.05, 0.1) is 24.0 Å². The van der Waals surface area contributed by atoms with Crippen molar-refractivity contribution in [3.63, 3.8) is 0 Å². The fourth-order valence-electron chi connectivity index (χ4n) is 4.97. The Labute approximate surface area is 229 Å². The number of nitrogens with one attached hydrogen (secondary N) is 1. The molecule has 0 unspecified atom stereocenters. The molecule has 1 aliphatic carbocycles. The molecule has 5 rings (SSSR count). The zero-order valence-electron chi connectivity index (χ0n) is 23.0. The number of hydrogen-bond donors (Lipinski definition) is 2. The topological polar surface area (TPSA) is 105 Å². The van der Waals surface area contributed by atoms with E-state index in [1.807, 2.05) is 58.0 Å². The average Bonchev–Trinajstić information content (AvgIpc) is 3.34. The summed E-state index contributed by atoms with van der Waals surface area (Å²) in [5.41, 5.74) is 11.5. The van der Waals surface area contributed by atoms with E-state index in [4.69, 9.17) is 24.5 Å². The van der Waals surface area contributed by atoms with Gasteiger partial charge in [-0.2, -0.15) is 0 Å². The fourth-order valence-corrected chi connectivity index (χ4v) is 4.97. The molecule has 3 N–H and O–H groups in total. The fraction of sp³-hybridized carbons (Fsp3) is 0.333. The smallest absolute Gasteiger partial charge is 0.480 e. The normalized spacial score (nSPS) is 17.5. The second-order valence-corrected chi connectivity index (χ2v) is 10.9. The van der Waals surface area contributed by atoms with E-state index in [0.29, 0.717) is 17.0 Å². The number of aromatic nitrogens is 1. The lowest BCUT2D eigenvalue weighted by Crippen LogP contribution is -2.41. The number of carbonyl (C=O) groups excluding carboxylic acids is 1. The molecule has 1 saturated heterocycles. The lowest BCUT2D eigenvalue weighted by Gasteiger charge is -2.32. The van der Waals surface area contributed by atoms with E-state index in [1.165, 1.54) is 18.2 Å². The molecule has 0 spiro atoms. The molecule has 8 nitrogen and oxygen atoms in total. The minimum atomic E-state index is -0.674. The van der Waals surface area contributed by atoms with Crippen molar-refractivity contribution in [3.05, 3.63) is 83.0 Å². The molecule has 39 heavy (non-hydrogen) atoms. The summed E-state index contributed by atoms with van der Waals surface area (Å²) in [4.78, 5) is 17.2. The number of nitrogens with two attached hydrogens (primary N) is 1. The van der Waals surface area contributed by atoms with Crippen LogP contribution >= 0.6 is 0 Å². The van der Waals surface area contributed by atoms with Crippen molar-refractivity contribution in [2.75, 3.05) is 26.0 Å². The van der Waals surface area contributed by atoms with Gasteiger partial charge < -0.3 is 29.8 Å². The lowest BCUT2D eigenvalue weighted by molar-refractivity contribution is 0.00578. The van der Waals surface area contributed by atoms with Gasteiger partial charge in [-0.25, -0.2) is 9.78 Å². The Kier molecular flexibility index (Phi) is 7.14. The summed E-state index contributed by atoms with van der Waals surface area (Å²) in [7, 11) is 0.842. The first-order valence-corrected chi connectivity index (χ1v) is 13.0.